The Morgan fingerprint density at radius 1 is 1.43 bits per heavy atom. The van der Waals surface area contributed by atoms with E-state index in [1.54, 1.807) is 12.0 Å². The Balaban J connectivity index is 1.85. The van der Waals surface area contributed by atoms with Gasteiger partial charge in [-0.1, -0.05) is 30.3 Å². The summed E-state index contributed by atoms with van der Waals surface area (Å²) in [7, 11) is 1.61. The van der Waals surface area contributed by atoms with Gasteiger partial charge in [0.15, 0.2) is 0 Å². The minimum atomic E-state index is -0.263. The van der Waals surface area contributed by atoms with Crippen LogP contribution in [0.5, 0.6) is 0 Å². The first kappa shape index (κ1) is 15.5. The average molecular weight is 290 g/mol. The van der Waals surface area contributed by atoms with Crippen LogP contribution in [0.1, 0.15) is 18.9 Å². The quantitative estimate of drug-likeness (QED) is 0.856. The zero-order valence-corrected chi connectivity index (χ0v) is 12.5. The molecule has 21 heavy (non-hydrogen) atoms. The fourth-order valence-electron chi connectivity index (χ4n) is 2.59. The second-order valence-corrected chi connectivity index (χ2v) is 5.45. The molecular formula is C16H22N2O3. The molecule has 1 aromatic carbocycles. The van der Waals surface area contributed by atoms with E-state index in [0.29, 0.717) is 19.7 Å². The number of likely N-dealkylation sites (tertiary alicyclic amines) is 1. The Kier molecular flexibility index (Phi) is 5.33. The number of carbonyl (C=O) groups excluding carboxylic acids is 2. The van der Waals surface area contributed by atoms with E-state index in [0.717, 1.165) is 5.56 Å². The summed E-state index contributed by atoms with van der Waals surface area (Å²) < 4.78 is 5.07. The molecule has 5 nitrogen and oxygen atoms in total. The molecule has 2 amide bonds. The van der Waals surface area contributed by atoms with Gasteiger partial charge in [0.1, 0.15) is 0 Å². The van der Waals surface area contributed by atoms with Crippen molar-refractivity contribution < 1.29 is 14.3 Å². The highest BCUT2D eigenvalue weighted by Crippen LogP contribution is 2.20. The third-order valence-corrected chi connectivity index (χ3v) is 3.78. The Labute approximate surface area is 125 Å². The smallest absolute Gasteiger partial charge is 0.225 e. The summed E-state index contributed by atoms with van der Waals surface area (Å²) in [5.74, 6) is -0.292. The van der Waals surface area contributed by atoms with Crippen molar-refractivity contribution in [3.8, 4) is 0 Å². The van der Waals surface area contributed by atoms with Gasteiger partial charge in [-0.25, -0.2) is 0 Å². The monoisotopic (exact) mass is 290 g/mol. The zero-order chi connectivity index (χ0) is 15.2. The molecule has 1 fully saturated rings. The summed E-state index contributed by atoms with van der Waals surface area (Å²) in [5.41, 5.74) is 1.06. The fourth-order valence-corrected chi connectivity index (χ4v) is 2.59. The Morgan fingerprint density at radius 2 is 2.14 bits per heavy atom. The van der Waals surface area contributed by atoms with E-state index < -0.39 is 0 Å². The number of benzene rings is 1. The van der Waals surface area contributed by atoms with Crippen molar-refractivity contribution in [1.82, 2.24) is 10.2 Å². The number of nitrogens with zero attached hydrogens (tertiary/aromatic N) is 1. The number of rotatable bonds is 6. The number of nitrogens with one attached hydrogen (secondary N) is 1. The molecule has 1 N–H and O–H groups in total. The van der Waals surface area contributed by atoms with Gasteiger partial charge in [0.05, 0.1) is 18.6 Å². The summed E-state index contributed by atoms with van der Waals surface area (Å²) in [5, 5.41) is 2.90. The number of hydrogen-bond acceptors (Lipinski definition) is 3. The Morgan fingerprint density at radius 3 is 2.81 bits per heavy atom. The van der Waals surface area contributed by atoms with E-state index >= 15 is 0 Å². The Hall–Kier alpha value is -1.88. The highest BCUT2D eigenvalue weighted by Gasteiger charge is 2.36. The second-order valence-electron chi connectivity index (χ2n) is 5.45. The van der Waals surface area contributed by atoms with E-state index in [4.69, 9.17) is 4.74 Å². The van der Waals surface area contributed by atoms with Crippen LogP contribution in [0.15, 0.2) is 30.3 Å². The highest BCUT2D eigenvalue weighted by molar-refractivity contribution is 5.89. The minimum Gasteiger partial charge on any atom is -0.383 e. The molecule has 1 saturated heterocycles. The van der Waals surface area contributed by atoms with E-state index in [9.17, 15) is 9.59 Å². The molecule has 0 bridgehead atoms. The van der Waals surface area contributed by atoms with Gasteiger partial charge in [0.2, 0.25) is 11.8 Å². The maximum absolute atomic E-state index is 12.2. The molecule has 1 aromatic rings. The SMILES string of the molecule is COC[C@@H](C)N1C[C@@H](C(=O)NCc2ccccc2)CC1=O. The standard InChI is InChI=1S/C16H22N2O3/c1-12(11-21-2)18-10-14(8-15(18)19)16(20)17-9-13-6-4-3-5-7-13/h3-7,12,14H,8-11H2,1-2H3,(H,17,20)/t12-,14+/m1/s1. The van der Waals surface area contributed by atoms with Crippen molar-refractivity contribution in [3.05, 3.63) is 35.9 Å². The first-order valence-electron chi connectivity index (χ1n) is 7.22. The van der Waals surface area contributed by atoms with Gasteiger partial charge in [-0.05, 0) is 12.5 Å². The van der Waals surface area contributed by atoms with Gasteiger partial charge in [-0.2, -0.15) is 0 Å². The largest absolute Gasteiger partial charge is 0.383 e. The van der Waals surface area contributed by atoms with Crippen LogP contribution in [0.3, 0.4) is 0 Å². The van der Waals surface area contributed by atoms with E-state index in [1.807, 2.05) is 37.3 Å². The molecule has 0 aromatic heterocycles. The van der Waals surface area contributed by atoms with Crippen LogP contribution in [-0.2, 0) is 20.9 Å². The number of ether oxygens (including phenoxy) is 1. The van der Waals surface area contributed by atoms with Gasteiger partial charge in [0, 0.05) is 26.6 Å². The molecule has 1 aliphatic heterocycles. The maximum atomic E-state index is 12.2. The Bertz CT molecular complexity index is 490. The molecule has 0 spiro atoms. The van der Waals surface area contributed by atoms with Gasteiger partial charge < -0.3 is 15.0 Å². The molecule has 0 unspecified atom stereocenters. The lowest BCUT2D eigenvalue weighted by Gasteiger charge is -2.23. The molecule has 2 atom stereocenters. The van der Waals surface area contributed by atoms with E-state index in [-0.39, 0.29) is 30.2 Å². The van der Waals surface area contributed by atoms with Crippen molar-refractivity contribution in [2.24, 2.45) is 5.92 Å². The fraction of sp³-hybridized carbons (Fsp3) is 0.500. The van der Waals surface area contributed by atoms with E-state index in [1.165, 1.54) is 0 Å². The number of methoxy groups -OCH3 is 1. The number of amides is 2. The lowest BCUT2D eigenvalue weighted by Crippen LogP contribution is -2.38. The molecule has 2 rings (SSSR count). The molecule has 114 valence electrons. The lowest BCUT2D eigenvalue weighted by molar-refractivity contribution is -0.130. The first-order valence-corrected chi connectivity index (χ1v) is 7.22. The van der Waals surface area contributed by atoms with E-state index in [2.05, 4.69) is 5.32 Å². The molecular weight excluding hydrogens is 268 g/mol. The lowest BCUT2D eigenvalue weighted by atomic mass is 10.1. The molecule has 0 saturated carbocycles. The number of carbonyl (C=O) groups is 2. The highest BCUT2D eigenvalue weighted by atomic mass is 16.5. The normalized spacial score (nSPS) is 19.6. The molecule has 0 radical (unpaired) electrons. The number of hydrogen-bond donors (Lipinski definition) is 1. The molecule has 1 heterocycles. The van der Waals surface area contributed by atoms with Crippen molar-refractivity contribution in [1.29, 1.82) is 0 Å². The molecule has 0 aliphatic carbocycles. The summed E-state index contributed by atoms with van der Waals surface area (Å²) in [6.07, 6.45) is 0.286. The van der Waals surface area contributed by atoms with Crippen molar-refractivity contribution in [2.75, 3.05) is 20.3 Å². The summed E-state index contributed by atoms with van der Waals surface area (Å²) in [6, 6.07) is 9.76. The first-order chi connectivity index (χ1) is 10.1. The third-order valence-electron chi connectivity index (χ3n) is 3.78. The maximum Gasteiger partial charge on any atom is 0.225 e. The van der Waals surface area contributed by atoms with Crippen LogP contribution in [0, 0.1) is 5.92 Å². The average Bonchev–Trinajstić information content (AvgIpc) is 2.88. The summed E-state index contributed by atoms with van der Waals surface area (Å²) >= 11 is 0. The van der Waals surface area contributed by atoms with Crippen LogP contribution in [0.2, 0.25) is 0 Å². The third kappa shape index (κ3) is 4.04. The molecule has 5 heteroatoms. The zero-order valence-electron chi connectivity index (χ0n) is 12.5. The van der Waals surface area contributed by atoms with Gasteiger partial charge in [-0.3, -0.25) is 9.59 Å². The van der Waals surface area contributed by atoms with Crippen molar-refractivity contribution >= 4 is 11.8 Å². The topological polar surface area (TPSA) is 58.6 Å². The predicted molar refractivity (Wildman–Crippen MR) is 79.4 cm³/mol. The van der Waals surface area contributed by atoms with Gasteiger partial charge in [0.25, 0.3) is 0 Å². The van der Waals surface area contributed by atoms with Crippen LogP contribution in [-0.4, -0.2) is 43.0 Å². The molecule has 1 aliphatic rings. The van der Waals surface area contributed by atoms with Crippen LogP contribution >= 0.6 is 0 Å². The van der Waals surface area contributed by atoms with Crippen LogP contribution < -0.4 is 5.32 Å². The second kappa shape index (κ2) is 7.22. The minimum absolute atomic E-state index is 0.00873. The van der Waals surface area contributed by atoms with Crippen LogP contribution in [0.25, 0.3) is 0 Å². The summed E-state index contributed by atoms with van der Waals surface area (Å²) in [6.45, 7) is 3.40. The van der Waals surface area contributed by atoms with Crippen molar-refractivity contribution in [3.63, 3.8) is 0 Å². The van der Waals surface area contributed by atoms with Gasteiger partial charge >= 0.3 is 0 Å². The van der Waals surface area contributed by atoms with Crippen molar-refractivity contribution in [2.45, 2.75) is 25.9 Å². The predicted octanol–water partition coefficient (Wildman–Crippen LogP) is 1.19. The summed E-state index contributed by atoms with van der Waals surface area (Å²) in [4.78, 5) is 25.9. The van der Waals surface area contributed by atoms with Crippen LogP contribution in [0.4, 0.5) is 0 Å². The van der Waals surface area contributed by atoms with Gasteiger partial charge in [-0.15, -0.1) is 0 Å².